The zero-order valence-electron chi connectivity index (χ0n) is 22.3. The molecule has 2 fully saturated rings. The fraction of sp³-hybridized carbons (Fsp3) is 0.241. The summed E-state index contributed by atoms with van der Waals surface area (Å²) in [4.78, 5) is 14.9. The van der Waals surface area contributed by atoms with Crippen molar-refractivity contribution in [2.75, 3.05) is 18.4 Å². The predicted octanol–water partition coefficient (Wildman–Crippen LogP) is 3.43. The number of hydrogen-bond donors (Lipinski definition) is 1. The van der Waals surface area contributed by atoms with Crippen molar-refractivity contribution in [3.05, 3.63) is 96.1 Å². The molecule has 208 valence electrons. The Kier molecular flexibility index (Phi) is 5.64. The number of anilines is 1. The average Bonchev–Trinajstić information content (AvgIpc) is 3.37. The maximum absolute atomic E-state index is 13.6. The first kappa shape index (κ1) is 25.5. The summed E-state index contributed by atoms with van der Waals surface area (Å²) < 4.78 is 43.7. The molecule has 3 atom stereocenters. The van der Waals surface area contributed by atoms with Crippen LogP contribution in [0.15, 0.2) is 84.1 Å². The lowest BCUT2D eigenvalue weighted by Crippen LogP contribution is -2.37. The van der Waals surface area contributed by atoms with Crippen molar-refractivity contribution >= 4 is 32.5 Å². The van der Waals surface area contributed by atoms with Crippen LogP contribution in [-0.2, 0) is 27.3 Å². The molecule has 3 aromatic carbocycles. The Balaban J connectivity index is 1.29. The summed E-state index contributed by atoms with van der Waals surface area (Å²) in [6, 6.07) is 19.4. The number of piperidine rings is 1. The highest BCUT2D eigenvalue weighted by molar-refractivity contribution is 7.89. The number of aromatic nitrogens is 5. The van der Waals surface area contributed by atoms with E-state index >= 15 is 0 Å². The maximum atomic E-state index is 13.6. The van der Waals surface area contributed by atoms with E-state index in [2.05, 4.69) is 20.6 Å². The molecule has 1 amide bonds. The first-order valence-electron chi connectivity index (χ1n) is 13.2. The zero-order valence-corrected chi connectivity index (χ0v) is 23.1. The number of aryl methyl sites for hydroxylation is 2. The van der Waals surface area contributed by atoms with Gasteiger partial charge < -0.3 is 5.32 Å². The van der Waals surface area contributed by atoms with Crippen LogP contribution in [0.3, 0.4) is 0 Å². The van der Waals surface area contributed by atoms with Crippen molar-refractivity contribution in [1.82, 2.24) is 29.1 Å². The van der Waals surface area contributed by atoms with Gasteiger partial charge in [0.05, 0.1) is 29.5 Å². The minimum Gasteiger partial charge on any atom is -0.326 e. The number of amides is 1. The van der Waals surface area contributed by atoms with E-state index in [0.29, 0.717) is 5.69 Å². The summed E-state index contributed by atoms with van der Waals surface area (Å²) in [6.45, 7) is 2.30. The summed E-state index contributed by atoms with van der Waals surface area (Å²) >= 11 is 0. The van der Waals surface area contributed by atoms with Gasteiger partial charge >= 0.3 is 0 Å². The molecule has 1 aliphatic carbocycles. The first-order valence-corrected chi connectivity index (χ1v) is 14.6. The summed E-state index contributed by atoms with van der Waals surface area (Å²) in [7, 11) is -2.34. The Labute approximate surface area is 235 Å². The Morgan fingerprint density at radius 3 is 2.51 bits per heavy atom. The third kappa shape index (κ3) is 3.97. The topological polar surface area (TPSA) is 115 Å². The Bertz CT molecular complexity index is 1920. The molecule has 0 radical (unpaired) electrons. The molecule has 0 bridgehead atoms. The number of nitrogens with zero attached hydrogens (tertiary/aromatic N) is 6. The van der Waals surface area contributed by atoms with Crippen molar-refractivity contribution in [1.29, 1.82) is 0 Å². The number of hydrogen-bond acceptors (Lipinski definition) is 6. The van der Waals surface area contributed by atoms with E-state index in [4.69, 9.17) is 0 Å². The van der Waals surface area contributed by atoms with Gasteiger partial charge in [0.2, 0.25) is 10.9 Å². The molecular formula is C29H26FN7O3S. The second-order valence-electron chi connectivity index (χ2n) is 10.7. The van der Waals surface area contributed by atoms with E-state index in [1.54, 1.807) is 30.1 Å². The fourth-order valence-electron chi connectivity index (χ4n) is 6.42. The van der Waals surface area contributed by atoms with E-state index in [9.17, 15) is 17.6 Å². The zero-order chi connectivity index (χ0) is 28.5. The van der Waals surface area contributed by atoms with Gasteiger partial charge in [0, 0.05) is 36.6 Å². The maximum Gasteiger partial charge on any atom is 0.264 e. The third-order valence-corrected chi connectivity index (χ3v) is 10.0. The Morgan fingerprint density at radius 1 is 1.05 bits per heavy atom. The van der Waals surface area contributed by atoms with Crippen molar-refractivity contribution in [3.63, 3.8) is 0 Å². The second kappa shape index (κ2) is 9.05. The minimum absolute atomic E-state index is 0.116. The largest absolute Gasteiger partial charge is 0.326 e. The molecule has 1 N–H and O–H groups in total. The lowest BCUT2D eigenvalue weighted by Gasteiger charge is -2.24. The van der Waals surface area contributed by atoms with Crippen LogP contribution in [0.5, 0.6) is 0 Å². The van der Waals surface area contributed by atoms with Crippen molar-refractivity contribution in [3.8, 4) is 5.69 Å². The number of fused-ring (bicyclic) bond motifs is 2. The molecule has 1 saturated heterocycles. The molecule has 41 heavy (non-hydrogen) atoms. The van der Waals surface area contributed by atoms with Crippen molar-refractivity contribution < 1.29 is 17.6 Å². The van der Waals surface area contributed by atoms with Crippen molar-refractivity contribution in [2.24, 2.45) is 18.9 Å². The van der Waals surface area contributed by atoms with Crippen LogP contribution in [0.1, 0.15) is 11.1 Å². The van der Waals surface area contributed by atoms with Gasteiger partial charge in [0.1, 0.15) is 5.82 Å². The number of carbonyl (C=O) groups excluding carboxylic acids is 1. The van der Waals surface area contributed by atoms with Crippen LogP contribution in [-0.4, -0.2) is 56.5 Å². The molecule has 2 aromatic heterocycles. The van der Waals surface area contributed by atoms with Gasteiger partial charge in [-0.15, -0.1) is 5.10 Å². The van der Waals surface area contributed by atoms with E-state index in [1.165, 1.54) is 27.4 Å². The monoisotopic (exact) mass is 571 g/mol. The van der Waals surface area contributed by atoms with E-state index in [-0.39, 0.29) is 35.8 Å². The summed E-state index contributed by atoms with van der Waals surface area (Å²) in [5, 5.41) is 16.3. The quantitative estimate of drug-likeness (QED) is 0.334. The first-order chi connectivity index (χ1) is 19.7. The van der Waals surface area contributed by atoms with Crippen molar-refractivity contribution in [2.45, 2.75) is 17.4 Å². The van der Waals surface area contributed by atoms with Gasteiger partial charge in [0.25, 0.3) is 10.0 Å². The smallest absolute Gasteiger partial charge is 0.264 e. The molecular weight excluding hydrogens is 545 g/mol. The molecule has 12 heteroatoms. The van der Waals surface area contributed by atoms with Gasteiger partial charge in [-0.05, 0) is 72.5 Å². The lowest BCUT2D eigenvalue weighted by molar-refractivity contribution is -0.118. The Morgan fingerprint density at radius 2 is 1.80 bits per heavy atom. The predicted molar refractivity (Wildman–Crippen MR) is 149 cm³/mol. The SMILES string of the molecule is Cc1cc2c(cnn2-c2ccc(F)cc2)cc1[C@]12CN(S(=O)(=O)c3cnn(C)n3)C[C@H]1[C@@H]2C(=O)Nc1ccccc1. The van der Waals surface area contributed by atoms with Gasteiger partial charge in [-0.25, -0.2) is 17.5 Å². The summed E-state index contributed by atoms with van der Waals surface area (Å²) in [5.74, 6) is -1.11. The van der Waals surface area contributed by atoms with Crippen LogP contribution in [0.25, 0.3) is 16.6 Å². The molecule has 10 nitrogen and oxygen atoms in total. The molecule has 0 spiro atoms. The van der Waals surface area contributed by atoms with Gasteiger partial charge in [0.15, 0.2) is 0 Å². The minimum atomic E-state index is -3.91. The summed E-state index contributed by atoms with van der Waals surface area (Å²) in [6.07, 6.45) is 2.98. The highest BCUT2D eigenvalue weighted by atomic mass is 32.2. The molecule has 3 heterocycles. The van der Waals surface area contributed by atoms with Crippen LogP contribution in [0.2, 0.25) is 0 Å². The standard InChI is InChI=1S/C29H26FN7O3S/c1-18-12-25-19(14-32-37(25)22-10-8-20(30)9-11-22)13-23(18)29-17-36(41(39,40)26-15-31-35(2)34-26)16-24(29)27(29)28(38)33-21-6-4-3-5-7-21/h3-15,24,27H,16-17H2,1-2H3,(H,33,38)/t24-,27+,29+/m0/s1. The van der Waals surface area contributed by atoms with Gasteiger partial charge in [-0.3, -0.25) is 4.79 Å². The van der Waals surface area contributed by atoms with E-state index in [1.807, 2.05) is 49.4 Å². The van der Waals surface area contributed by atoms with E-state index < -0.39 is 21.4 Å². The van der Waals surface area contributed by atoms with Crippen LogP contribution in [0, 0.1) is 24.6 Å². The number of carbonyl (C=O) groups is 1. The molecule has 5 aromatic rings. The Hall–Kier alpha value is -4.42. The van der Waals surface area contributed by atoms with Crippen LogP contribution < -0.4 is 5.32 Å². The molecule has 1 aliphatic heterocycles. The fourth-order valence-corrected chi connectivity index (χ4v) is 7.82. The van der Waals surface area contributed by atoms with Gasteiger partial charge in [-0.1, -0.05) is 18.2 Å². The average molecular weight is 572 g/mol. The highest BCUT2D eigenvalue weighted by Gasteiger charge is 2.74. The number of rotatable bonds is 6. The number of sulfonamides is 1. The van der Waals surface area contributed by atoms with Gasteiger partial charge in [-0.2, -0.15) is 19.3 Å². The molecule has 1 saturated carbocycles. The van der Waals surface area contributed by atoms with Crippen LogP contribution in [0.4, 0.5) is 10.1 Å². The molecule has 2 aliphatic rings. The summed E-state index contributed by atoms with van der Waals surface area (Å²) in [5.41, 5.74) is 3.36. The number of halogens is 1. The third-order valence-electron chi connectivity index (χ3n) is 8.34. The number of para-hydroxylation sites is 1. The molecule has 0 unspecified atom stereocenters. The van der Waals surface area contributed by atoms with E-state index in [0.717, 1.165) is 27.7 Å². The lowest BCUT2D eigenvalue weighted by atomic mass is 9.88. The number of benzene rings is 3. The molecule has 7 rings (SSSR count). The second-order valence-corrected chi connectivity index (χ2v) is 12.6. The number of nitrogens with one attached hydrogen (secondary N) is 1. The normalized spacial score (nSPS) is 22.1. The highest BCUT2D eigenvalue weighted by Crippen LogP contribution is 2.65. The van der Waals surface area contributed by atoms with Crippen LogP contribution >= 0.6 is 0 Å².